The van der Waals surface area contributed by atoms with Crippen LogP contribution >= 0.6 is 0 Å². The van der Waals surface area contributed by atoms with Crippen LogP contribution in [-0.4, -0.2) is 65.3 Å². The van der Waals surface area contributed by atoms with Gasteiger partial charge in [-0.1, -0.05) is 60.2 Å². The van der Waals surface area contributed by atoms with Crippen molar-refractivity contribution in [1.29, 1.82) is 0 Å². The van der Waals surface area contributed by atoms with Crippen molar-refractivity contribution in [3.05, 3.63) is 94.4 Å². The SMILES string of the molecule is C=C(C)CCCN(C(=O)CCc1ccccc1)[C@@H](C)C(=O)N[C@@H](Cc1ccc(-c2c(OC)cnn(C)c2=O)cc1)C(=O)OC. The Balaban J connectivity index is 1.75. The number of hydrogen-bond acceptors (Lipinski definition) is 7. The zero-order valence-electron chi connectivity index (χ0n) is 26.2. The fourth-order valence-electron chi connectivity index (χ4n) is 4.88. The van der Waals surface area contributed by atoms with Gasteiger partial charge < -0.3 is 19.7 Å². The van der Waals surface area contributed by atoms with Crippen LogP contribution in [0.2, 0.25) is 0 Å². The third kappa shape index (κ3) is 9.13. The van der Waals surface area contributed by atoms with Crippen molar-refractivity contribution in [3.8, 4) is 16.9 Å². The minimum Gasteiger partial charge on any atom is -0.494 e. The number of methoxy groups -OCH3 is 2. The summed E-state index contributed by atoms with van der Waals surface area (Å²) in [5.41, 5.74) is 3.46. The van der Waals surface area contributed by atoms with Crippen molar-refractivity contribution in [2.24, 2.45) is 7.05 Å². The number of carbonyl (C=O) groups excluding carboxylic acids is 3. The summed E-state index contributed by atoms with van der Waals surface area (Å²) in [7, 11) is 4.29. The maximum absolute atomic E-state index is 13.5. The highest BCUT2D eigenvalue weighted by atomic mass is 16.5. The molecule has 0 aliphatic rings. The van der Waals surface area contributed by atoms with E-state index in [2.05, 4.69) is 17.0 Å². The second-order valence-electron chi connectivity index (χ2n) is 10.8. The molecule has 10 nitrogen and oxygen atoms in total. The van der Waals surface area contributed by atoms with E-state index < -0.39 is 24.0 Å². The predicted octanol–water partition coefficient (Wildman–Crippen LogP) is 3.86. The van der Waals surface area contributed by atoms with Crippen LogP contribution in [0.15, 0.2) is 77.7 Å². The number of nitrogens with one attached hydrogen (secondary N) is 1. The summed E-state index contributed by atoms with van der Waals surface area (Å²) in [6.45, 7) is 7.92. The molecule has 2 aromatic carbocycles. The van der Waals surface area contributed by atoms with Crippen LogP contribution in [0.4, 0.5) is 0 Å². The predicted molar refractivity (Wildman–Crippen MR) is 169 cm³/mol. The molecule has 0 saturated carbocycles. The van der Waals surface area contributed by atoms with E-state index in [1.807, 2.05) is 37.3 Å². The fourth-order valence-corrected chi connectivity index (χ4v) is 4.88. The first-order valence-electron chi connectivity index (χ1n) is 14.6. The highest BCUT2D eigenvalue weighted by molar-refractivity contribution is 5.90. The molecule has 3 rings (SSSR count). The highest BCUT2D eigenvalue weighted by Gasteiger charge is 2.30. The molecule has 0 aliphatic heterocycles. The number of esters is 1. The summed E-state index contributed by atoms with van der Waals surface area (Å²) in [5, 5.41) is 6.79. The molecular formula is C34H42N4O6. The Labute approximate surface area is 258 Å². The number of amides is 2. The summed E-state index contributed by atoms with van der Waals surface area (Å²) in [5.74, 6) is -0.851. The summed E-state index contributed by atoms with van der Waals surface area (Å²) in [6, 6.07) is 15.0. The van der Waals surface area contributed by atoms with Crippen LogP contribution in [0.5, 0.6) is 5.75 Å². The highest BCUT2D eigenvalue weighted by Crippen LogP contribution is 2.26. The summed E-state index contributed by atoms with van der Waals surface area (Å²) < 4.78 is 11.6. The monoisotopic (exact) mass is 602 g/mol. The van der Waals surface area contributed by atoms with Gasteiger partial charge in [-0.2, -0.15) is 5.10 Å². The number of hydrogen-bond donors (Lipinski definition) is 1. The molecular weight excluding hydrogens is 560 g/mol. The topological polar surface area (TPSA) is 120 Å². The van der Waals surface area contributed by atoms with E-state index in [9.17, 15) is 19.2 Å². The van der Waals surface area contributed by atoms with E-state index >= 15 is 0 Å². The van der Waals surface area contributed by atoms with Gasteiger partial charge in [0.1, 0.15) is 12.1 Å². The summed E-state index contributed by atoms with van der Waals surface area (Å²) in [6.07, 6.45) is 3.84. The lowest BCUT2D eigenvalue weighted by Gasteiger charge is -2.30. The Morgan fingerprint density at radius 3 is 2.32 bits per heavy atom. The maximum atomic E-state index is 13.5. The minimum atomic E-state index is -0.985. The van der Waals surface area contributed by atoms with Crippen molar-refractivity contribution < 1.29 is 23.9 Å². The quantitative estimate of drug-likeness (QED) is 0.207. The molecule has 44 heavy (non-hydrogen) atoms. The van der Waals surface area contributed by atoms with Gasteiger partial charge in [0.05, 0.1) is 26.0 Å². The first-order valence-corrected chi connectivity index (χ1v) is 14.6. The standard InChI is InChI=1S/C34H42N4O6/c1-23(2)11-10-20-38(30(39)19-16-25-12-8-7-9-13-25)24(3)32(40)36-28(34(42)44-6)21-26-14-17-27(18-15-26)31-29(43-5)22-35-37(4)33(31)41/h7-9,12-15,17-18,22,24,28H,1,10-11,16,19-21H2,2-6H3,(H,36,40)/t24-,28-/m0/s1. The Kier molecular flexibility index (Phi) is 12.4. The zero-order valence-corrected chi connectivity index (χ0v) is 26.2. The number of aromatic nitrogens is 2. The zero-order chi connectivity index (χ0) is 32.2. The Bertz CT molecular complexity index is 1500. The van der Waals surface area contributed by atoms with Crippen molar-refractivity contribution in [3.63, 3.8) is 0 Å². The summed E-state index contributed by atoms with van der Waals surface area (Å²) >= 11 is 0. The number of rotatable bonds is 15. The molecule has 2 amide bonds. The molecule has 1 N–H and O–H groups in total. The van der Waals surface area contributed by atoms with Gasteiger partial charge in [0.15, 0.2) is 5.75 Å². The van der Waals surface area contributed by atoms with Crippen molar-refractivity contribution >= 4 is 17.8 Å². The molecule has 234 valence electrons. The van der Waals surface area contributed by atoms with E-state index in [-0.39, 0.29) is 24.3 Å². The number of benzene rings is 2. The van der Waals surface area contributed by atoms with Crippen LogP contribution in [0.3, 0.4) is 0 Å². The largest absolute Gasteiger partial charge is 0.494 e. The Morgan fingerprint density at radius 1 is 1.02 bits per heavy atom. The summed E-state index contributed by atoms with van der Waals surface area (Å²) in [4.78, 5) is 53.9. The second-order valence-corrected chi connectivity index (χ2v) is 10.8. The Morgan fingerprint density at radius 2 is 1.70 bits per heavy atom. The third-order valence-electron chi connectivity index (χ3n) is 7.45. The van der Waals surface area contributed by atoms with E-state index in [1.54, 1.807) is 43.1 Å². The lowest BCUT2D eigenvalue weighted by atomic mass is 10.0. The van der Waals surface area contributed by atoms with Crippen LogP contribution < -0.4 is 15.6 Å². The van der Waals surface area contributed by atoms with Gasteiger partial charge in [0.2, 0.25) is 11.8 Å². The van der Waals surface area contributed by atoms with Crippen LogP contribution in [0, 0.1) is 0 Å². The first-order chi connectivity index (χ1) is 21.0. The van der Waals surface area contributed by atoms with Gasteiger partial charge in [-0.3, -0.25) is 14.4 Å². The number of allylic oxidation sites excluding steroid dienone is 1. The van der Waals surface area contributed by atoms with Crippen molar-refractivity contribution in [2.75, 3.05) is 20.8 Å². The molecule has 0 saturated heterocycles. The van der Waals surface area contributed by atoms with E-state index in [4.69, 9.17) is 9.47 Å². The second kappa shape index (κ2) is 16.2. The van der Waals surface area contributed by atoms with E-state index in [0.29, 0.717) is 36.3 Å². The lowest BCUT2D eigenvalue weighted by Crippen LogP contribution is -2.53. The molecule has 1 heterocycles. The third-order valence-corrected chi connectivity index (χ3v) is 7.45. The van der Waals surface area contributed by atoms with Gasteiger partial charge >= 0.3 is 5.97 Å². The molecule has 0 radical (unpaired) electrons. The van der Waals surface area contributed by atoms with Crippen molar-refractivity contribution in [1.82, 2.24) is 20.0 Å². The number of carbonyl (C=O) groups is 3. The van der Waals surface area contributed by atoms with Gasteiger partial charge in [-0.05, 0) is 49.8 Å². The molecule has 0 unspecified atom stereocenters. The van der Waals surface area contributed by atoms with Gasteiger partial charge in [0.25, 0.3) is 5.56 Å². The number of ether oxygens (including phenoxy) is 2. The van der Waals surface area contributed by atoms with Crippen LogP contribution in [0.1, 0.15) is 44.2 Å². The average Bonchev–Trinajstić information content (AvgIpc) is 3.03. The Hall–Kier alpha value is -4.73. The van der Waals surface area contributed by atoms with E-state index in [1.165, 1.54) is 25.1 Å². The normalized spacial score (nSPS) is 12.1. The van der Waals surface area contributed by atoms with Crippen molar-refractivity contribution in [2.45, 2.75) is 58.0 Å². The molecule has 3 aromatic rings. The minimum absolute atomic E-state index is 0.138. The molecule has 0 spiro atoms. The molecule has 10 heteroatoms. The van der Waals surface area contributed by atoms with Gasteiger partial charge in [0, 0.05) is 26.4 Å². The number of aryl methyl sites for hydroxylation is 2. The van der Waals surface area contributed by atoms with Crippen LogP contribution in [-0.2, 0) is 39.0 Å². The molecule has 0 aliphatic carbocycles. The maximum Gasteiger partial charge on any atom is 0.328 e. The molecule has 0 bridgehead atoms. The van der Waals surface area contributed by atoms with Gasteiger partial charge in [-0.25, -0.2) is 9.48 Å². The average molecular weight is 603 g/mol. The molecule has 0 fully saturated rings. The first kappa shape index (κ1) is 33.8. The van der Waals surface area contributed by atoms with E-state index in [0.717, 1.165) is 23.1 Å². The molecule has 1 aromatic heterocycles. The fraction of sp³-hybridized carbons (Fsp3) is 0.382. The lowest BCUT2D eigenvalue weighted by molar-refractivity contribution is -0.146. The molecule has 2 atom stereocenters. The smallest absolute Gasteiger partial charge is 0.328 e. The number of nitrogens with zero attached hydrogens (tertiary/aromatic N) is 3. The van der Waals surface area contributed by atoms with Crippen LogP contribution in [0.25, 0.3) is 11.1 Å². The van der Waals surface area contributed by atoms with Gasteiger partial charge in [-0.15, -0.1) is 6.58 Å².